The molecule has 9 heteroatoms. The second kappa shape index (κ2) is 5.35. The average Bonchev–Trinajstić information content (AvgIpc) is 2.83. The van der Waals surface area contributed by atoms with E-state index >= 15 is 0 Å². The molecule has 1 amide bonds. The van der Waals surface area contributed by atoms with Crippen molar-refractivity contribution < 1.29 is 9.72 Å². The van der Waals surface area contributed by atoms with Crippen molar-refractivity contribution in [1.82, 2.24) is 20.0 Å². The number of nitrogens with zero attached hydrogens (tertiary/aromatic N) is 4. The van der Waals surface area contributed by atoms with E-state index in [1.165, 1.54) is 4.68 Å². The van der Waals surface area contributed by atoms with Crippen molar-refractivity contribution in [3.8, 4) is 0 Å². The summed E-state index contributed by atoms with van der Waals surface area (Å²) in [6.45, 7) is 6.69. The van der Waals surface area contributed by atoms with Crippen LogP contribution in [0.1, 0.15) is 22.6 Å². The van der Waals surface area contributed by atoms with Crippen LogP contribution in [0.5, 0.6) is 0 Å². The molecule has 0 bridgehead atoms. The van der Waals surface area contributed by atoms with Crippen LogP contribution in [0, 0.1) is 37.8 Å². The lowest BCUT2D eigenvalue weighted by Crippen LogP contribution is -2.21. The molecule has 0 aliphatic heterocycles. The van der Waals surface area contributed by atoms with E-state index in [-0.39, 0.29) is 23.8 Å². The van der Waals surface area contributed by atoms with Crippen molar-refractivity contribution in [3.63, 3.8) is 0 Å². The Morgan fingerprint density at radius 1 is 1.38 bits per heavy atom. The van der Waals surface area contributed by atoms with Crippen LogP contribution in [0.2, 0.25) is 0 Å². The van der Waals surface area contributed by atoms with Gasteiger partial charge >= 0.3 is 5.69 Å². The monoisotopic (exact) mass is 292 g/mol. The standard InChI is InChI=1S/C12H16N6O3/c1-6-7(2)14-15-12(6)13-10(19)5-17-9(4)11(18(20)21)8(3)16-17/h5H2,1-4H3,(H2,13,14,15,19). The minimum Gasteiger partial charge on any atom is -0.307 e. The van der Waals surface area contributed by atoms with Crippen LogP contribution in [-0.4, -0.2) is 30.8 Å². The van der Waals surface area contributed by atoms with Gasteiger partial charge in [-0.15, -0.1) is 0 Å². The van der Waals surface area contributed by atoms with Crippen molar-refractivity contribution >= 4 is 17.4 Å². The number of hydrogen-bond acceptors (Lipinski definition) is 5. The second-order valence-electron chi connectivity index (χ2n) is 4.80. The number of nitro groups is 1. The molecule has 0 atom stereocenters. The summed E-state index contributed by atoms with van der Waals surface area (Å²) >= 11 is 0. The summed E-state index contributed by atoms with van der Waals surface area (Å²) < 4.78 is 1.32. The molecular formula is C12H16N6O3. The number of carbonyl (C=O) groups excluding carboxylic acids is 1. The van der Waals surface area contributed by atoms with Gasteiger partial charge in [-0.1, -0.05) is 0 Å². The molecule has 2 aromatic heterocycles. The first-order valence-electron chi connectivity index (χ1n) is 6.31. The molecule has 0 radical (unpaired) electrons. The topological polar surface area (TPSA) is 119 Å². The first-order valence-corrected chi connectivity index (χ1v) is 6.31. The van der Waals surface area contributed by atoms with Gasteiger partial charge in [-0.3, -0.25) is 24.7 Å². The fraction of sp³-hybridized carbons (Fsp3) is 0.417. The van der Waals surface area contributed by atoms with Crippen LogP contribution in [0.3, 0.4) is 0 Å². The lowest BCUT2D eigenvalue weighted by atomic mass is 10.3. The zero-order valence-electron chi connectivity index (χ0n) is 12.2. The SMILES string of the molecule is Cc1nn(CC(=O)Nc2n[nH]c(C)c2C)c(C)c1[N+](=O)[O-]. The van der Waals surface area contributed by atoms with Gasteiger partial charge in [0, 0.05) is 11.3 Å². The zero-order valence-corrected chi connectivity index (χ0v) is 12.2. The Balaban J connectivity index is 2.15. The first-order chi connectivity index (χ1) is 9.81. The molecule has 0 spiro atoms. The van der Waals surface area contributed by atoms with E-state index in [4.69, 9.17) is 0 Å². The van der Waals surface area contributed by atoms with E-state index < -0.39 is 4.92 Å². The summed E-state index contributed by atoms with van der Waals surface area (Å²) in [6.07, 6.45) is 0. The summed E-state index contributed by atoms with van der Waals surface area (Å²) in [4.78, 5) is 22.4. The predicted molar refractivity (Wildman–Crippen MR) is 75.0 cm³/mol. The molecule has 112 valence electrons. The number of H-pyrrole nitrogens is 1. The highest BCUT2D eigenvalue weighted by Crippen LogP contribution is 2.21. The molecule has 0 aliphatic rings. The molecule has 0 unspecified atom stereocenters. The maximum absolute atomic E-state index is 12.0. The first kappa shape index (κ1) is 14.7. The lowest BCUT2D eigenvalue weighted by molar-refractivity contribution is -0.386. The molecular weight excluding hydrogens is 276 g/mol. The van der Waals surface area contributed by atoms with Crippen LogP contribution >= 0.6 is 0 Å². The highest BCUT2D eigenvalue weighted by atomic mass is 16.6. The Morgan fingerprint density at radius 3 is 2.52 bits per heavy atom. The summed E-state index contributed by atoms with van der Waals surface area (Å²) in [5, 5.41) is 24.3. The number of rotatable bonds is 4. The molecule has 0 saturated heterocycles. The molecule has 21 heavy (non-hydrogen) atoms. The normalized spacial score (nSPS) is 10.7. The number of aromatic amines is 1. The van der Waals surface area contributed by atoms with Crippen LogP contribution in [0.15, 0.2) is 0 Å². The van der Waals surface area contributed by atoms with Gasteiger partial charge in [0.15, 0.2) is 5.82 Å². The number of anilines is 1. The van der Waals surface area contributed by atoms with Crippen molar-refractivity contribution in [2.45, 2.75) is 34.2 Å². The average molecular weight is 292 g/mol. The van der Waals surface area contributed by atoms with E-state index in [2.05, 4.69) is 20.6 Å². The van der Waals surface area contributed by atoms with E-state index in [0.29, 0.717) is 11.5 Å². The number of nitrogens with one attached hydrogen (secondary N) is 2. The van der Waals surface area contributed by atoms with Crippen molar-refractivity contribution in [1.29, 1.82) is 0 Å². The van der Waals surface area contributed by atoms with E-state index in [9.17, 15) is 14.9 Å². The molecule has 0 saturated carbocycles. The van der Waals surface area contributed by atoms with Gasteiger partial charge in [-0.05, 0) is 27.7 Å². The summed E-state index contributed by atoms with van der Waals surface area (Å²) in [7, 11) is 0. The molecule has 2 N–H and O–H groups in total. The number of aryl methyl sites for hydroxylation is 2. The predicted octanol–water partition coefficient (Wildman–Crippen LogP) is 1.39. The van der Waals surface area contributed by atoms with Crippen LogP contribution < -0.4 is 5.32 Å². The second-order valence-corrected chi connectivity index (χ2v) is 4.80. The van der Waals surface area contributed by atoms with Gasteiger partial charge in [0.05, 0.1) is 4.92 Å². The van der Waals surface area contributed by atoms with Crippen LogP contribution in [0.25, 0.3) is 0 Å². The zero-order chi connectivity index (χ0) is 15.7. The van der Waals surface area contributed by atoms with Crippen LogP contribution in [-0.2, 0) is 11.3 Å². The molecule has 2 rings (SSSR count). The third-order valence-corrected chi connectivity index (χ3v) is 3.33. The van der Waals surface area contributed by atoms with E-state index in [1.54, 1.807) is 13.8 Å². The minimum atomic E-state index is -0.493. The van der Waals surface area contributed by atoms with Gasteiger partial charge in [-0.2, -0.15) is 10.2 Å². The molecule has 0 fully saturated rings. The fourth-order valence-electron chi connectivity index (χ4n) is 2.02. The molecule has 0 aliphatic carbocycles. The maximum Gasteiger partial charge on any atom is 0.312 e. The number of hydrogen-bond donors (Lipinski definition) is 2. The van der Waals surface area contributed by atoms with Gasteiger partial charge < -0.3 is 5.32 Å². The van der Waals surface area contributed by atoms with Gasteiger partial charge in [0.25, 0.3) is 0 Å². The largest absolute Gasteiger partial charge is 0.312 e. The summed E-state index contributed by atoms with van der Waals surface area (Å²) in [6, 6.07) is 0. The molecule has 0 aromatic carbocycles. The van der Waals surface area contributed by atoms with Crippen molar-refractivity contribution in [3.05, 3.63) is 32.8 Å². The third-order valence-electron chi connectivity index (χ3n) is 3.33. The maximum atomic E-state index is 12.0. The number of aromatic nitrogens is 4. The van der Waals surface area contributed by atoms with Gasteiger partial charge in [0.2, 0.25) is 5.91 Å². The quantitative estimate of drug-likeness (QED) is 0.652. The number of carbonyl (C=O) groups is 1. The lowest BCUT2D eigenvalue weighted by Gasteiger charge is -2.04. The Morgan fingerprint density at radius 2 is 2.05 bits per heavy atom. The van der Waals surface area contributed by atoms with Gasteiger partial charge in [-0.25, -0.2) is 0 Å². The Kier molecular flexibility index (Phi) is 3.74. The minimum absolute atomic E-state index is 0.0606. The summed E-state index contributed by atoms with van der Waals surface area (Å²) in [5.41, 5.74) is 2.30. The van der Waals surface area contributed by atoms with Gasteiger partial charge in [0.1, 0.15) is 17.9 Å². The van der Waals surface area contributed by atoms with Crippen molar-refractivity contribution in [2.24, 2.45) is 0 Å². The Bertz CT molecular complexity index is 715. The highest BCUT2D eigenvalue weighted by Gasteiger charge is 2.23. The Hall–Kier alpha value is -2.71. The smallest absolute Gasteiger partial charge is 0.307 e. The number of amides is 1. The van der Waals surface area contributed by atoms with E-state index in [1.807, 2.05) is 13.8 Å². The highest BCUT2D eigenvalue weighted by molar-refractivity contribution is 5.90. The third kappa shape index (κ3) is 2.76. The molecule has 2 heterocycles. The van der Waals surface area contributed by atoms with E-state index in [0.717, 1.165) is 11.3 Å². The van der Waals surface area contributed by atoms with Crippen LogP contribution in [0.4, 0.5) is 11.5 Å². The molecule has 2 aromatic rings. The Labute approximate surface area is 120 Å². The van der Waals surface area contributed by atoms with Crippen molar-refractivity contribution in [2.75, 3.05) is 5.32 Å². The fourth-order valence-corrected chi connectivity index (χ4v) is 2.02. The summed E-state index contributed by atoms with van der Waals surface area (Å²) in [5.74, 6) is 0.110. The molecule has 9 nitrogen and oxygen atoms in total.